The van der Waals surface area contributed by atoms with E-state index in [1.54, 1.807) is 0 Å². The number of nitrogens with two attached hydrogens (primary N) is 1. The molecule has 6 heteroatoms. The SMILES string of the molecule is NC(COc1ccc(C(F)(F)F)cc1)C1CCSC1. The van der Waals surface area contributed by atoms with Gasteiger partial charge in [-0.3, -0.25) is 0 Å². The van der Waals surface area contributed by atoms with E-state index in [2.05, 4.69) is 0 Å². The van der Waals surface area contributed by atoms with Crippen LogP contribution in [0, 0.1) is 5.92 Å². The molecule has 1 aromatic carbocycles. The normalized spacial score (nSPS) is 21.4. The van der Waals surface area contributed by atoms with Crippen LogP contribution < -0.4 is 10.5 Å². The van der Waals surface area contributed by atoms with Gasteiger partial charge in [0.1, 0.15) is 12.4 Å². The zero-order valence-corrected chi connectivity index (χ0v) is 11.1. The smallest absolute Gasteiger partial charge is 0.416 e. The van der Waals surface area contributed by atoms with Crippen molar-refractivity contribution in [2.45, 2.75) is 18.6 Å². The van der Waals surface area contributed by atoms with Crippen molar-refractivity contribution in [2.75, 3.05) is 18.1 Å². The second-order valence-electron chi connectivity index (χ2n) is 4.62. The van der Waals surface area contributed by atoms with Gasteiger partial charge in [0, 0.05) is 6.04 Å². The summed E-state index contributed by atoms with van der Waals surface area (Å²) in [5, 5.41) is 0. The van der Waals surface area contributed by atoms with Crippen LogP contribution in [0.4, 0.5) is 13.2 Å². The van der Waals surface area contributed by atoms with Gasteiger partial charge in [-0.25, -0.2) is 0 Å². The zero-order chi connectivity index (χ0) is 13.9. The van der Waals surface area contributed by atoms with Crippen molar-refractivity contribution in [2.24, 2.45) is 11.7 Å². The van der Waals surface area contributed by atoms with E-state index in [0.29, 0.717) is 18.3 Å². The number of ether oxygens (including phenoxy) is 1. The molecule has 106 valence electrons. The summed E-state index contributed by atoms with van der Waals surface area (Å²) in [6.07, 6.45) is -3.22. The van der Waals surface area contributed by atoms with Crippen LogP contribution in [0.5, 0.6) is 5.75 Å². The molecule has 1 aliphatic rings. The lowest BCUT2D eigenvalue weighted by Crippen LogP contribution is -2.35. The lowest BCUT2D eigenvalue weighted by atomic mass is 10.0. The molecular formula is C13H16F3NOS. The number of thioether (sulfide) groups is 1. The Bertz CT molecular complexity index is 401. The van der Waals surface area contributed by atoms with Gasteiger partial charge in [-0.15, -0.1) is 0 Å². The minimum absolute atomic E-state index is 0.0581. The maximum Gasteiger partial charge on any atom is 0.416 e. The van der Waals surface area contributed by atoms with E-state index in [1.165, 1.54) is 12.1 Å². The van der Waals surface area contributed by atoms with Crippen molar-refractivity contribution in [1.29, 1.82) is 0 Å². The maximum atomic E-state index is 12.4. The van der Waals surface area contributed by atoms with Gasteiger partial charge in [0.05, 0.1) is 5.56 Å². The highest BCUT2D eigenvalue weighted by atomic mass is 32.2. The second-order valence-corrected chi connectivity index (χ2v) is 5.77. The highest BCUT2D eigenvalue weighted by molar-refractivity contribution is 7.99. The monoisotopic (exact) mass is 291 g/mol. The minimum Gasteiger partial charge on any atom is -0.492 e. The molecule has 1 aliphatic heterocycles. The number of benzene rings is 1. The fourth-order valence-corrected chi connectivity index (χ4v) is 3.31. The summed E-state index contributed by atoms with van der Waals surface area (Å²) in [5.41, 5.74) is 5.34. The summed E-state index contributed by atoms with van der Waals surface area (Å²) in [5.74, 6) is 3.03. The van der Waals surface area contributed by atoms with E-state index in [-0.39, 0.29) is 6.04 Å². The van der Waals surface area contributed by atoms with Crippen molar-refractivity contribution < 1.29 is 17.9 Å². The lowest BCUT2D eigenvalue weighted by Gasteiger charge is -2.18. The van der Waals surface area contributed by atoms with E-state index in [0.717, 1.165) is 30.1 Å². The van der Waals surface area contributed by atoms with Crippen LogP contribution in [0.1, 0.15) is 12.0 Å². The van der Waals surface area contributed by atoms with Crippen molar-refractivity contribution >= 4 is 11.8 Å². The number of halogens is 3. The summed E-state index contributed by atoms with van der Waals surface area (Å²) in [4.78, 5) is 0. The van der Waals surface area contributed by atoms with Crippen LogP contribution >= 0.6 is 11.8 Å². The van der Waals surface area contributed by atoms with E-state index < -0.39 is 11.7 Å². The molecule has 1 aromatic rings. The highest BCUT2D eigenvalue weighted by Crippen LogP contribution is 2.30. The van der Waals surface area contributed by atoms with Gasteiger partial charge in [0.25, 0.3) is 0 Å². The van der Waals surface area contributed by atoms with Gasteiger partial charge < -0.3 is 10.5 Å². The Hall–Kier alpha value is -0.880. The molecule has 2 atom stereocenters. The molecule has 0 radical (unpaired) electrons. The summed E-state index contributed by atoms with van der Waals surface area (Å²) < 4.78 is 42.6. The molecule has 0 bridgehead atoms. The van der Waals surface area contributed by atoms with Crippen LogP contribution in [-0.2, 0) is 6.18 Å². The number of alkyl halides is 3. The van der Waals surface area contributed by atoms with Crippen LogP contribution in [0.15, 0.2) is 24.3 Å². The van der Waals surface area contributed by atoms with Crippen molar-refractivity contribution in [1.82, 2.24) is 0 Å². The Kier molecular flexibility index (Phi) is 4.62. The number of hydrogen-bond donors (Lipinski definition) is 1. The lowest BCUT2D eigenvalue weighted by molar-refractivity contribution is -0.137. The Labute approximate surface area is 114 Å². The average molecular weight is 291 g/mol. The molecule has 2 rings (SSSR count). The van der Waals surface area contributed by atoms with Crippen LogP contribution in [0.3, 0.4) is 0 Å². The topological polar surface area (TPSA) is 35.2 Å². The molecule has 2 unspecified atom stereocenters. The third-order valence-electron chi connectivity index (χ3n) is 3.19. The number of rotatable bonds is 4. The quantitative estimate of drug-likeness (QED) is 0.925. The van der Waals surface area contributed by atoms with Gasteiger partial charge in [-0.2, -0.15) is 24.9 Å². The molecule has 2 N–H and O–H groups in total. The highest BCUT2D eigenvalue weighted by Gasteiger charge is 2.30. The van der Waals surface area contributed by atoms with Gasteiger partial charge in [-0.1, -0.05) is 0 Å². The third-order valence-corrected chi connectivity index (χ3v) is 4.38. The van der Waals surface area contributed by atoms with E-state index >= 15 is 0 Å². The first-order valence-corrected chi connectivity index (χ1v) is 7.25. The van der Waals surface area contributed by atoms with E-state index in [9.17, 15) is 13.2 Å². The first-order valence-electron chi connectivity index (χ1n) is 6.10. The van der Waals surface area contributed by atoms with Gasteiger partial charge in [0.2, 0.25) is 0 Å². The maximum absolute atomic E-state index is 12.4. The predicted molar refractivity (Wildman–Crippen MR) is 70.3 cm³/mol. The van der Waals surface area contributed by atoms with Gasteiger partial charge >= 0.3 is 6.18 Å². The molecule has 0 saturated carbocycles. The predicted octanol–water partition coefficient (Wildman–Crippen LogP) is 3.16. The van der Waals surface area contributed by atoms with Crippen molar-refractivity contribution in [3.8, 4) is 5.75 Å². The van der Waals surface area contributed by atoms with Crippen LogP contribution in [0.25, 0.3) is 0 Å². The minimum atomic E-state index is -4.31. The van der Waals surface area contributed by atoms with Gasteiger partial charge in [-0.05, 0) is 48.1 Å². The Morgan fingerprint density at radius 2 is 2.00 bits per heavy atom. The Morgan fingerprint density at radius 1 is 1.32 bits per heavy atom. The largest absolute Gasteiger partial charge is 0.492 e. The molecule has 0 aromatic heterocycles. The van der Waals surface area contributed by atoms with Crippen LogP contribution in [-0.4, -0.2) is 24.2 Å². The van der Waals surface area contributed by atoms with Crippen molar-refractivity contribution in [3.05, 3.63) is 29.8 Å². The van der Waals surface area contributed by atoms with E-state index in [4.69, 9.17) is 10.5 Å². The van der Waals surface area contributed by atoms with Crippen molar-refractivity contribution in [3.63, 3.8) is 0 Å². The molecule has 2 nitrogen and oxygen atoms in total. The Balaban J connectivity index is 1.86. The molecule has 1 heterocycles. The third kappa shape index (κ3) is 4.04. The second kappa shape index (κ2) is 6.05. The van der Waals surface area contributed by atoms with Gasteiger partial charge in [0.15, 0.2) is 0 Å². The summed E-state index contributed by atoms with van der Waals surface area (Å²) in [6.45, 7) is 0.344. The molecule has 0 aliphatic carbocycles. The number of hydrogen-bond acceptors (Lipinski definition) is 3. The zero-order valence-electron chi connectivity index (χ0n) is 10.3. The fraction of sp³-hybridized carbons (Fsp3) is 0.538. The first-order chi connectivity index (χ1) is 8.97. The summed E-state index contributed by atoms with van der Waals surface area (Å²) in [6, 6.07) is 4.65. The first kappa shape index (κ1) is 14.5. The molecule has 1 fully saturated rings. The summed E-state index contributed by atoms with van der Waals surface area (Å²) >= 11 is 1.88. The van der Waals surface area contributed by atoms with Crippen LogP contribution in [0.2, 0.25) is 0 Å². The molecule has 0 amide bonds. The Morgan fingerprint density at radius 3 is 2.53 bits per heavy atom. The molecular weight excluding hydrogens is 275 g/mol. The summed E-state index contributed by atoms with van der Waals surface area (Å²) in [7, 11) is 0. The molecule has 1 saturated heterocycles. The molecule has 0 spiro atoms. The standard InChI is InChI=1S/C13H16F3NOS/c14-13(15,16)10-1-3-11(4-2-10)18-7-12(17)9-5-6-19-8-9/h1-4,9,12H,5-8,17H2. The molecule has 19 heavy (non-hydrogen) atoms. The van der Waals surface area contributed by atoms with E-state index in [1.807, 2.05) is 11.8 Å². The average Bonchev–Trinajstić information content (AvgIpc) is 2.89. The fourth-order valence-electron chi connectivity index (χ4n) is 1.96.